The van der Waals surface area contributed by atoms with Gasteiger partial charge in [0.15, 0.2) is 0 Å². The molecular formula is C14H23NO3. The van der Waals surface area contributed by atoms with Crippen molar-refractivity contribution in [3.8, 4) is 0 Å². The Balaban J connectivity index is 1.86. The molecule has 0 aromatic rings. The van der Waals surface area contributed by atoms with Crippen molar-refractivity contribution in [2.45, 2.75) is 57.8 Å². The molecule has 4 heteroatoms. The number of rotatable bonds is 6. The maximum Gasteiger partial charge on any atom is 0.303 e. The third-order valence-corrected chi connectivity index (χ3v) is 4.26. The highest BCUT2D eigenvalue weighted by molar-refractivity contribution is 5.78. The zero-order chi connectivity index (χ0) is 13.0. The normalized spacial score (nSPS) is 22.4. The number of aliphatic carboxylic acids is 1. The minimum atomic E-state index is -0.771. The average molecular weight is 253 g/mol. The van der Waals surface area contributed by atoms with Crippen molar-refractivity contribution in [3.63, 3.8) is 0 Å². The number of carboxylic acids is 1. The van der Waals surface area contributed by atoms with E-state index in [0.29, 0.717) is 12.3 Å². The van der Waals surface area contributed by atoms with Gasteiger partial charge in [-0.15, -0.1) is 0 Å². The maximum absolute atomic E-state index is 11.9. The number of carbonyl (C=O) groups is 2. The lowest BCUT2D eigenvalue weighted by molar-refractivity contribution is -0.141. The van der Waals surface area contributed by atoms with Crippen LogP contribution < -0.4 is 5.32 Å². The molecule has 0 bridgehead atoms. The molecule has 2 rings (SSSR count). The van der Waals surface area contributed by atoms with Crippen LogP contribution in [0.4, 0.5) is 0 Å². The molecule has 4 nitrogen and oxygen atoms in total. The van der Waals surface area contributed by atoms with E-state index in [1.165, 1.54) is 19.3 Å². The van der Waals surface area contributed by atoms with Gasteiger partial charge in [0, 0.05) is 13.0 Å². The number of amides is 1. The van der Waals surface area contributed by atoms with E-state index in [-0.39, 0.29) is 17.7 Å². The van der Waals surface area contributed by atoms with Gasteiger partial charge in [0.25, 0.3) is 0 Å². The van der Waals surface area contributed by atoms with E-state index in [0.717, 1.165) is 32.2 Å². The predicted octanol–water partition coefficient (Wildman–Crippen LogP) is 2.33. The highest BCUT2D eigenvalue weighted by Crippen LogP contribution is 2.42. The first-order valence-electron chi connectivity index (χ1n) is 7.08. The van der Waals surface area contributed by atoms with Crippen molar-refractivity contribution in [1.82, 2.24) is 5.32 Å². The van der Waals surface area contributed by atoms with Crippen LogP contribution in [0, 0.1) is 11.3 Å². The Kier molecular flexibility index (Phi) is 4.25. The fourth-order valence-corrected chi connectivity index (χ4v) is 3.02. The summed E-state index contributed by atoms with van der Waals surface area (Å²) in [4.78, 5) is 22.9. The summed E-state index contributed by atoms with van der Waals surface area (Å²) in [7, 11) is 0. The topological polar surface area (TPSA) is 66.4 Å². The van der Waals surface area contributed by atoms with Crippen LogP contribution in [0.3, 0.4) is 0 Å². The molecule has 2 N–H and O–H groups in total. The van der Waals surface area contributed by atoms with Crippen LogP contribution in [0.5, 0.6) is 0 Å². The zero-order valence-electron chi connectivity index (χ0n) is 10.9. The van der Waals surface area contributed by atoms with Gasteiger partial charge in [-0.2, -0.15) is 0 Å². The highest BCUT2D eigenvalue weighted by Gasteiger charge is 2.36. The maximum atomic E-state index is 11.9. The van der Waals surface area contributed by atoms with Crippen molar-refractivity contribution in [3.05, 3.63) is 0 Å². The van der Waals surface area contributed by atoms with Gasteiger partial charge in [-0.25, -0.2) is 0 Å². The number of hydrogen-bond acceptors (Lipinski definition) is 2. The molecule has 0 atom stereocenters. The lowest BCUT2D eigenvalue weighted by Crippen LogP contribution is -2.35. The molecular weight excluding hydrogens is 230 g/mol. The number of hydrogen-bond donors (Lipinski definition) is 2. The Morgan fingerprint density at radius 2 is 1.78 bits per heavy atom. The van der Waals surface area contributed by atoms with Gasteiger partial charge in [-0.3, -0.25) is 9.59 Å². The largest absolute Gasteiger partial charge is 0.481 e. The molecule has 2 fully saturated rings. The summed E-state index contributed by atoms with van der Waals surface area (Å²) in [5.41, 5.74) is -0.280. The third-order valence-electron chi connectivity index (χ3n) is 4.26. The second kappa shape index (κ2) is 5.72. The minimum Gasteiger partial charge on any atom is -0.481 e. The van der Waals surface area contributed by atoms with Gasteiger partial charge < -0.3 is 10.4 Å². The van der Waals surface area contributed by atoms with E-state index in [1.54, 1.807) is 0 Å². The number of nitrogens with one attached hydrogen (secondary N) is 1. The lowest BCUT2D eigenvalue weighted by atomic mass is 9.69. The van der Waals surface area contributed by atoms with Crippen molar-refractivity contribution in [2.24, 2.45) is 11.3 Å². The average Bonchev–Trinajstić information content (AvgIpc) is 3.10. The predicted molar refractivity (Wildman–Crippen MR) is 68.1 cm³/mol. The van der Waals surface area contributed by atoms with E-state index in [1.807, 2.05) is 0 Å². The van der Waals surface area contributed by atoms with E-state index in [2.05, 4.69) is 5.32 Å². The second-order valence-electron chi connectivity index (χ2n) is 6.06. The summed E-state index contributed by atoms with van der Waals surface area (Å²) in [5, 5.41) is 12.0. The van der Waals surface area contributed by atoms with Crippen LogP contribution in [0.15, 0.2) is 0 Å². The van der Waals surface area contributed by atoms with E-state index >= 15 is 0 Å². The molecule has 0 aromatic carbocycles. The molecule has 0 spiro atoms. The summed E-state index contributed by atoms with van der Waals surface area (Å²) in [6, 6.07) is 0. The van der Waals surface area contributed by atoms with Gasteiger partial charge in [-0.05, 0) is 37.0 Å². The van der Waals surface area contributed by atoms with Crippen LogP contribution in [0.2, 0.25) is 0 Å². The fourth-order valence-electron chi connectivity index (χ4n) is 3.02. The summed E-state index contributed by atoms with van der Waals surface area (Å²) >= 11 is 0. The van der Waals surface area contributed by atoms with Crippen LogP contribution in [-0.2, 0) is 9.59 Å². The van der Waals surface area contributed by atoms with Crippen molar-refractivity contribution < 1.29 is 14.7 Å². The summed E-state index contributed by atoms with van der Waals surface area (Å²) in [6.45, 7) is 0.780. The van der Waals surface area contributed by atoms with E-state index < -0.39 is 5.97 Å². The standard InChI is InChI=1S/C14H23NO3/c16-12(15-10-11-4-5-11)8-14(9-13(17)18)6-2-1-3-7-14/h11H,1-10H2,(H,15,16)(H,17,18). The van der Waals surface area contributed by atoms with Crippen LogP contribution >= 0.6 is 0 Å². The monoisotopic (exact) mass is 253 g/mol. The molecule has 102 valence electrons. The van der Waals surface area contributed by atoms with Gasteiger partial charge in [0.05, 0.1) is 6.42 Å². The molecule has 0 aliphatic heterocycles. The van der Waals surface area contributed by atoms with Gasteiger partial charge >= 0.3 is 5.97 Å². The first-order chi connectivity index (χ1) is 8.60. The number of carbonyl (C=O) groups excluding carboxylic acids is 1. The van der Waals surface area contributed by atoms with Crippen molar-refractivity contribution in [2.75, 3.05) is 6.54 Å². The van der Waals surface area contributed by atoms with Crippen molar-refractivity contribution >= 4 is 11.9 Å². The Morgan fingerprint density at radius 3 is 2.33 bits per heavy atom. The van der Waals surface area contributed by atoms with Gasteiger partial charge in [0.1, 0.15) is 0 Å². The third kappa shape index (κ3) is 4.00. The first-order valence-corrected chi connectivity index (χ1v) is 7.08. The van der Waals surface area contributed by atoms with E-state index in [9.17, 15) is 9.59 Å². The molecule has 0 unspecified atom stereocenters. The van der Waals surface area contributed by atoms with Gasteiger partial charge in [-0.1, -0.05) is 19.3 Å². The zero-order valence-corrected chi connectivity index (χ0v) is 10.9. The van der Waals surface area contributed by atoms with Crippen LogP contribution in [0.25, 0.3) is 0 Å². The molecule has 0 saturated heterocycles. The fraction of sp³-hybridized carbons (Fsp3) is 0.857. The number of carboxylic acid groups (broad SMARTS) is 1. The molecule has 0 aromatic heterocycles. The quantitative estimate of drug-likeness (QED) is 0.763. The van der Waals surface area contributed by atoms with Crippen molar-refractivity contribution in [1.29, 1.82) is 0 Å². The molecule has 0 radical (unpaired) electrons. The lowest BCUT2D eigenvalue weighted by Gasteiger charge is -2.35. The van der Waals surface area contributed by atoms with E-state index in [4.69, 9.17) is 5.11 Å². The summed E-state index contributed by atoms with van der Waals surface area (Å²) in [6.07, 6.45) is 8.04. The van der Waals surface area contributed by atoms with Gasteiger partial charge in [0.2, 0.25) is 5.91 Å². The SMILES string of the molecule is O=C(O)CC1(CC(=O)NCC2CC2)CCCCC1. The molecule has 2 aliphatic carbocycles. The Bertz CT molecular complexity index is 317. The summed E-state index contributed by atoms with van der Waals surface area (Å²) < 4.78 is 0. The summed E-state index contributed by atoms with van der Waals surface area (Å²) in [5.74, 6) is -0.0485. The molecule has 18 heavy (non-hydrogen) atoms. The Morgan fingerprint density at radius 1 is 1.11 bits per heavy atom. The Hall–Kier alpha value is -1.06. The Labute approximate surface area is 108 Å². The highest BCUT2D eigenvalue weighted by atomic mass is 16.4. The smallest absolute Gasteiger partial charge is 0.303 e. The van der Waals surface area contributed by atoms with Crippen LogP contribution in [0.1, 0.15) is 57.8 Å². The molecule has 0 heterocycles. The minimum absolute atomic E-state index is 0.0463. The molecule has 2 saturated carbocycles. The van der Waals surface area contributed by atoms with Crippen LogP contribution in [-0.4, -0.2) is 23.5 Å². The molecule has 1 amide bonds. The second-order valence-corrected chi connectivity index (χ2v) is 6.06. The molecule has 2 aliphatic rings. The first kappa shape index (κ1) is 13.4.